The maximum absolute atomic E-state index is 11.7. The minimum Gasteiger partial charge on any atom is -0.396 e. The molecule has 10 N–H and O–H groups in total. The SMILES string of the molecule is CO[C@@H]1[C@H](O)[C@@H](CCO)O[C@H](O)[C@H]1O[C@H]1O[C@H](CO)[C@H](O)[C@H](O[C@@H]2O[C@H](CO)[C@@H](O)[C@H](O)[C@H]2NC(C)=O)[C@H]1O. The Kier molecular flexibility index (Phi) is 11.8. The van der Waals surface area contributed by atoms with E-state index in [1.807, 2.05) is 0 Å². The van der Waals surface area contributed by atoms with Crippen molar-refractivity contribution in [2.24, 2.45) is 0 Å². The number of carbonyl (C=O) groups is 1. The maximum atomic E-state index is 11.7. The Morgan fingerprint density at radius 1 is 0.718 bits per heavy atom. The van der Waals surface area contributed by atoms with Crippen LogP contribution in [0.2, 0.25) is 0 Å². The lowest BCUT2D eigenvalue weighted by Gasteiger charge is -2.48. The molecule has 15 atom stereocenters. The van der Waals surface area contributed by atoms with Crippen molar-refractivity contribution in [2.75, 3.05) is 26.9 Å². The molecule has 0 aliphatic carbocycles. The first kappa shape index (κ1) is 32.4. The van der Waals surface area contributed by atoms with Crippen molar-refractivity contribution in [3.63, 3.8) is 0 Å². The van der Waals surface area contributed by atoms with Crippen LogP contribution >= 0.6 is 0 Å². The van der Waals surface area contributed by atoms with E-state index in [9.17, 15) is 50.8 Å². The minimum absolute atomic E-state index is 0.0196. The molecule has 3 rings (SSSR count). The average molecular weight is 574 g/mol. The highest BCUT2D eigenvalue weighted by Gasteiger charge is 2.54. The summed E-state index contributed by atoms with van der Waals surface area (Å²) in [5, 5.41) is 94.4. The summed E-state index contributed by atoms with van der Waals surface area (Å²) in [6, 6.07) is -1.40. The Morgan fingerprint density at radius 3 is 1.85 bits per heavy atom. The van der Waals surface area contributed by atoms with E-state index in [2.05, 4.69) is 5.32 Å². The number of nitrogens with one attached hydrogen (secondary N) is 1. The van der Waals surface area contributed by atoms with Crippen molar-refractivity contribution >= 4 is 5.91 Å². The average Bonchev–Trinajstić information content (AvgIpc) is 2.90. The molecule has 0 saturated carbocycles. The van der Waals surface area contributed by atoms with Crippen molar-refractivity contribution in [3.05, 3.63) is 0 Å². The first-order chi connectivity index (χ1) is 18.5. The lowest BCUT2D eigenvalue weighted by Crippen LogP contribution is -2.68. The molecule has 0 unspecified atom stereocenters. The van der Waals surface area contributed by atoms with Crippen LogP contribution in [-0.2, 0) is 33.2 Å². The predicted octanol–water partition coefficient (Wildman–Crippen LogP) is -6.38. The highest BCUT2D eigenvalue weighted by Crippen LogP contribution is 2.33. The van der Waals surface area contributed by atoms with Crippen LogP contribution in [0.5, 0.6) is 0 Å². The molecule has 0 aromatic rings. The van der Waals surface area contributed by atoms with Gasteiger partial charge in [-0.25, -0.2) is 0 Å². The van der Waals surface area contributed by atoms with Crippen LogP contribution in [0.15, 0.2) is 0 Å². The van der Waals surface area contributed by atoms with Gasteiger partial charge in [0.05, 0.1) is 19.3 Å². The van der Waals surface area contributed by atoms with Crippen LogP contribution in [0.25, 0.3) is 0 Å². The van der Waals surface area contributed by atoms with Gasteiger partial charge in [-0.2, -0.15) is 0 Å². The molecular formula is C22H39NO16. The second-order valence-electron chi connectivity index (χ2n) is 9.61. The third-order valence-corrected chi connectivity index (χ3v) is 6.98. The molecule has 228 valence electrons. The van der Waals surface area contributed by atoms with Crippen molar-refractivity contribution in [2.45, 2.75) is 105 Å². The van der Waals surface area contributed by atoms with Crippen molar-refractivity contribution < 1.29 is 79.2 Å². The molecule has 17 heteroatoms. The van der Waals surface area contributed by atoms with E-state index < -0.39 is 111 Å². The number of rotatable bonds is 10. The van der Waals surface area contributed by atoms with Gasteiger partial charge in [0.25, 0.3) is 0 Å². The summed E-state index contributed by atoms with van der Waals surface area (Å²) in [6.07, 6.45) is -21.4. The molecule has 0 aromatic heterocycles. The summed E-state index contributed by atoms with van der Waals surface area (Å²) < 4.78 is 33.0. The first-order valence-electron chi connectivity index (χ1n) is 12.5. The second kappa shape index (κ2) is 14.2. The van der Waals surface area contributed by atoms with E-state index in [0.717, 1.165) is 6.92 Å². The lowest BCUT2D eigenvalue weighted by atomic mass is 9.95. The lowest BCUT2D eigenvalue weighted by molar-refractivity contribution is -0.378. The number of ether oxygens (including phenoxy) is 6. The zero-order valence-electron chi connectivity index (χ0n) is 21.4. The third-order valence-electron chi connectivity index (χ3n) is 6.98. The first-order valence-corrected chi connectivity index (χ1v) is 12.5. The van der Waals surface area contributed by atoms with Crippen LogP contribution in [0, 0.1) is 0 Å². The summed E-state index contributed by atoms with van der Waals surface area (Å²) in [5.74, 6) is -0.636. The highest BCUT2D eigenvalue weighted by molar-refractivity contribution is 5.73. The summed E-state index contributed by atoms with van der Waals surface area (Å²) in [5.41, 5.74) is 0. The summed E-state index contributed by atoms with van der Waals surface area (Å²) >= 11 is 0. The molecule has 3 fully saturated rings. The van der Waals surface area contributed by atoms with E-state index in [4.69, 9.17) is 28.4 Å². The van der Waals surface area contributed by atoms with Crippen LogP contribution in [0.4, 0.5) is 0 Å². The molecule has 3 saturated heterocycles. The molecule has 3 aliphatic heterocycles. The van der Waals surface area contributed by atoms with E-state index in [1.165, 1.54) is 7.11 Å². The minimum atomic E-state index is -1.86. The maximum Gasteiger partial charge on any atom is 0.217 e. The van der Waals surface area contributed by atoms with Gasteiger partial charge in [-0.05, 0) is 6.42 Å². The molecule has 3 heterocycles. The Bertz CT molecular complexity index is 778. The van der Waals surface area contributed by atoms with Crippen LogP contribution in [0.1, 0.15) is 13.3 Å². The number of carbonyl (C=O) groups excluding carboxylic acids is 1. The molecule has 0 spiro atoms. The quantitative estimate of drug-likeness (QED) is 0.116. The van der Waals surface area contributed by atoms with Gasteiger partial charge >= 0.3 is 0 Å². The summed E-state index contributed by atoms with van der Waals surface area (Å²) in [6.45, 7) is -0.747. The molecule has 0 bridgehead atoms. The second-order valence-corrected chi connectivity index (χ2v) is 9.61. The van der Waals surface area contributed by atoms with Crippen molar-refractivity contribution in [1.82, 2.24) is 5.32 Å². The van der Waals surface area contributed by atoms with E-state index in [-0.39, 0.29) is 13.0 Å². The van der Waals surface area contributed by atoms with Gasteiger partial charge in [0.1, 0.15) is 67.1 Å². The van der Waals surface area contributed by atoms with E-state index in [1.54, 1.807) is 0 Å². The fraction of sp³-hybridized carbons (Fsp3) is 0.955. The molecular weight excluding hydrogens is 534 g/mol. The smallest absolute Gasteiger partial charge is 0.217 e. The van der Waals surface area contributed by atoms with Gasteiger partial charge in [-0.15, -0.1) is 0 Å². The molecule has 17 nitrogen and oxygen atoms in total. The number of aliphatic hydroxyl groups is 9. The molecule has 0 radical (unpaired) electrons. The Hall–Kier alpha value is -1.13. The van der Waals surface area contributed by atoms with Crippen LogP contribution in [0.3, 0.4) is 0 Å². The topological polar surface area (TPSA) is 267 Å². The Morgan fingerprint density at radius 2 is 1.28 bits per heavy atom. The van der Waals surface area contributed by atoms with Crippen LogP contribution in [-0.4, -0.2) is 171 Å². The zero-order chi connectivity index (χ0) is 29.0. The number of aliphatic hydroxyl groups excluding tert-OH is 9. The monoisotopic (exact) mass is 573 g/mol. The van der Waals surface area contributed by atoms with Crippen LogP contribution < -0.4 is 5.32 Å². The highest BCUT2D eigenvalue weighted by atomic mass is 16.8. The Balaban J connectivity index is 1.83. The number of hydrogen-bond acceptors (Lipinski definition) is 16. The van der Waals surface area contributed by atoms with Gasteiger partial charge in [0, 0.05) is 20.6 Å². The predicted molar refractivity (Wildman–Crippen MR) is 122 cm³/mol. The summed E-state index contributed by atoms with van der Waals surface area (Å²) in [7, 11) is 1.22. The van der Waals surface area contributed by atoms with E-state index >= 15 is 0 Å². The van der Waals surface area contributed by atoms with E-state index in [0.29, 0.717) is 0 Å². The number of hydrogen-bond donors (Lipinski definition) is 10. The number of methoxy groups -OCH3 is 1. The fourth-order valence-electron chi connectivity index (χ4n) is 4.91. The summed E-state index contributed by atoms with van der Waals surface area (Å²) in [4.78, 5) is 11.7. The fourth-order valence-corrected chi connectivity index (χ4v) is 4.91. The number of amides is 1. The molecule has 1 amide bonds. The largest absolute Gasteiger partial charge is 0.396 e. The van der Waals surface area contributed by atoms with Gasteiger partial charge in [0.15, 0.2) is 18.9 Å². The van der Waals surface area contributed by atoms with Gasteiger partial charge in [0.2, 0.25) is 5.91 Å². The van der Waals surface area contributed by atoms with Gasteiger partial charge < -0.3 is 79.7 Å². The standard InChI is InChI=1S/C22H39NO16/c1-7(27)23-11-15(31)12(28)9(5-25)36-21(11)38-17-14(30)10(6-26)37-22(16(17)32)39-19-18(34-2)13(29)8(3-4-24)35-20(19)33/h8-22,24-26,28-33H,3-6H2,1-2H3,(H,23,27)/t8-,9-,10-,11-,12-,13-,14+,15-,16-,17+,18-,19+,20+,21+,22-/m1/s1. The third kappa shape index (κ3) is 7.03. The molecule has 0 aromatic carbocycles. The van der Waals surface area contributed by atoms with Gasteiger partial charge in [-0.1, -0.05) is 0 Å². The van der Waals surface area contributed by atoms with Crippen molar-refractivity contribution in [1.29, 1.82) is 0 Å². The molecule has 39 heavy (non-hydrogen) atoms. The van der Waals surface area contributed by atoms with Gasteiger partial charge in [-0.3, -0.25) is 4.79 Å². The Labute approximate surface area is 223 Å². The normalized spacial score (nSPS) is 47.1. The molecule has 3 aliphatic rings. The van der Waals surface area contributed by atoms with Crippen molar-refractivity contribution in [3.8, 4) is 0 Å². The zero-order valence-corrected chi connectivity index (χ0v) is 21.4.